The SMILES string of the molecule is Cc1ccc(S(=O)(=O)N(CC(=O)N[C@@H](C)c2ccc3c(c2)CCC3)c2ccccc2Cl)cc1. The Morgan fingerprint density at radius 2 is 1.73 bits per heavy atom. The van der Waals surface area contributed by atoms with E-state index < -0.39 is 15.9 Å². The maximum absolute atomic E-state index is 13.5. The number of para-hydroxylation sites is 1. The number of carbonyl (C=O) groups is 1. The summed E-state index contributed by atoms with van der Waals surface area (Å²) in [5, 5.41) is 3.21. The molecule has 3 aromatic carbocycles. The van der Waals surface area contributed by atoms with Crippen LogP contribution >= 0.6 is 11.6 Å². The molecule has 4 rings (SSSR count). The van der Waals surface area contributed by atoms with Gasteiger partial charge in [-0.3, -0.25) is 9.10 Å². The van der Waals surface area contributed by atoms with Gasteiger partial charge in [0.05, 0.1) is 21.6 Å². The molecule has 7 heteroatoms. The van der Waals surface area contributed by atoms with Gasteiger partial charge in [-0.25, -0.2) is 8.42 Å². The largest absolute Gasteiger partial charge is 0.348 e. The zero-order chi connectivity index (χ0) is 23.6. The summed E-state index contributed by atoms with van der Waals surface area (Å²) in [6.07, 6.45) is 3.31. The van der Waals surface area contributed by atoms with Gasteiger partial charge in [0.1, 0.15) is 6.54 Å². The van der Waals surface area contributed by atoms with Crippen LogP contribution in [0.25, 0.3) is 0 Å². The fourth-order valence-electron chi connectivity index (χ4n) is 4.15. The van der Waals surface area contributed by atoms with Crippen LogP contribution in [-0.2, 0) is 27.7 Å². The molecular weight excluding hydrogens is 456 g/mol. The number of aryl methyl sites for hydroxylation is 3. The number of hydrogen-bond donors (Lipinski definition) is 1. The molecule has 5 nitrogen and oxygen atoms in total. The number of sulfonamides is 1. The minimum atomic E-state index is -4.01. The van der Waals surface area contributed by atoms with Crippen LogP contribution in [0, 0.1) is 6.92 Å². The molecule has 1 amide bonds. The van der Waals surface area contributed by atoms with Crippen molar-refractivity contribution in [2.75, 3.05) is 10.8 Å². The molecular formula is C26H27ClN2O3S. The van der Waals surface area contributed by atoms with Crippen LogP contribution in [-0.4, -0.2) is 20.9 Å². The Kier molecular flexibility index (Phi) is 6.77. The minimum absolute atomic E-state index is 0.104. The molecule has 0 aromatic heterocycles. The van der Waals surface area contributed by atoms with Crippen molar-refractivity contribution in [1.82, 2.24) is 5.32 Å². The molecule has 0 spiro atoms. The zero-order valence-corrected chi connectivity index (χ0v) is 20.3. The van der Waals surface area contributed by atoms with Gasteiger partial charge in [-0.2, -0.15) is 0 Å². The number of benzene rings is 3. The highest BCUT2D eigenvalue weighted by atomic mass is 35.5. The van der Waals surface area contributed by atoms with E-state index in [-0.39, 0.29) is 28.2 Å². The van der Waals surface area contributed by atoms with Crippen molar-refractivity contribution in [3.8, 4) is 0 Å². The molecule has 0 heterocycles. The standard InChI is InChI=1S/C26H27ClN2O3S/c1-18-10-14-23(15-11-18)33(31,32)29(25-9-4-3-8-24(25)27)17-26(30)28-19(2)21-13-12-20-6-5-7-22(20)16-21/h3-4,8-16,19H,5-7,17H2,1-2H3,(H,28,30)/t19-/m0/s1. The van der Waals surface area contributed by atoms with Gasteiger partial charge in [-0.1, -0.05) is 59.6 Å². The van der Waals surface area contributed by atoms with Gasteiger partial charge in [-0.15, -0.1) is 0 Å². The van der Waals surface area contributed by atoms with Crippen molar-refractivity contribution < 1.29 is 13.2 Å². The zero-order valence-electron chi connectivity index (χ0n) is 18.7. The van der Waals surface area contributed by atoms with Gasteiger partial charge in [0.25, 0.3) is 10.0 Å². The Hall–Kier alpha value is -2.83. The molecule has 0 saturated carbocycles. The topological polar surface area (TPSA) is 66.5 Å². The Morgan fingerprint density at radius 1 is 1.03 bits per heavy atom. The molecule has 1 N–H and O–H groups in total. The summed E-state index contributed by atoms with van der Waals surface area (Å²) >= 11 is 6.34. The second-order valence-electron chi connectivity index (χ2n) is 8.45. The quantitative estimate of drug-likeness (QED) is 0.502. The van der Waals surface area contributed by atoms with Gasteiger partial charge in [0.2, 0.25) is 5.91 Å². The first-order valence-electron chi connectivity index (χ1n) is 11.0. The van der Waals surface area contributed by atoms with Gasteiger partial charge in [0.15, 0.2) is 0 Å². The monoisotopic (exact) mass is 482 g/mol. The molecule has 0 unspecified atom stereocenters. The van der Waals surface area contributed by atoms with Gasteiger partial charge < -0.3 is 5.32 Å². The first-order chi connectivity index (χ1) is 15.8. The second-order valence-corrected chi connectivity index (χ2v) is 10.7. The van der Waals surface area contributed by atoms with E-state index in [1.165, 1.54) is 11.1 Å². The highest BCUT2D eigenvalue weighted by Crippen LogP contribution is 2.31. The minimum Gasteiger partial charge on any atom is -0.348 e. The summed E-state index contributed by atoms with van der Waals surface area (Å²) in [5.41, 5.74) is 4.91. The Bertz CT molecular complexity index is 1270. The van der Waals surface area contributed by atoms with Gasteiger partial charge >= 0.3 is 0 Å². The number of fused-ring (bicyclic) bond motifs is 1. The molecule has 172 valence electrons. The molecule has 0 saturated heterocycles. The smallest absolute Gasteiger partial charge is 0.264 e. The lowest BCUT2D eigenvalue weighted by molar-refractivity contribution is -0.120. The summed E-state index contributed by atoms with van der Waals surface area (Å²) < 4.78 is 28.1. The van der Waals surface area contributed by atoms with Crippen molar-refractivity contribution >= 4 is 33.2 Å². The summed E-state index contributed by atoms with van der Waals surface area (Å²) in [5.74, 6) is -0.404. The van der Waals surface area contributed by atoms with E-state index in [9.17, 15) is 13.2 Å². The molecule has 0 fully saturated rings. The van der Waals surface area contributed by atoms with Crippen LogP contribution in [0.2, 0.25) is 5.02 Å². The number of anilines is 1. The fraction of sp³-hybridized carbons (Fsp3) is 0.269. The average Bonchev–Trinajstić information content (AvgIpc) is 3.26. The van der Waals surface area contributed by atoms with Crippen LogP contribution < -0.4 is 9.62 Å². The molecule has 1 aliphatic carbocycles. The van der Waals surface area contributed by atoms with Crippen LogP contribution in [0.1, 0.15) is 41.6 Å². The molecule has 0 bridgehead atoms. The number of carbonyl (C=O) groups excluding carboxylic acids is 1. The van der Waals surface area contributed by atoms with Crippen LogP contribution in [0.15, 0.2) is 71.6 Å². The van der Waals surface area contributed by atoms with Crippen molar-refractivity contribution in [1.29, 1.82) is 0 Å². The number of nitrogens with zero attached hydrogens (tertiary/aromatic N) is 1. The van der Waals surface area contributed by atoms with E-state index in [1.807, 2.05) is 19.9 Å². The number of amides is 1. The summed E-state index contributed by atoms with van der Waals surface area (Å²) in [6, 6.07) is 19.2. The second kappa shape index (κ2) is 9.57. The Morgan fingerprint density at radius 3 is 2.45 bits per heavy atom. The highest BCUT2D eigenvalue weighted by Gasteiger charge is 2.29. The van der Waals surface area contributed by atoms with Crippen molar-refractivity contribution in [3.63, 3.8) is 0 Å². The van der Waals surface area contributed by atoms with Crippen LogP contribution in [0.4, 0.5) is 5.69 Å². The Balaban J connectivity index is 1.59. The van der Waals surface area contributed by atoms with Gasteiger partial charge in [-0.05, 0) is 74.1 Å². The molecule has 1 atom stereocenters. The lowest BCUT2D eigenvalue weighted by Gasteiger charge is -2.26. The maximum Gasteiger partial charge on any atom is 0.264 e. The van der Waals surface area contributed by atoms with Crippen LogP contribution in [0.5, 0.6) is 0 Å². The predicted molar refractivity (Wildman–Crippen MR) is 132 cm³/mol. The number of nitrogens with one attached hydrogen (secondary N) is 1. The van der Waals surface area contributed by atoms with Crippen molar-refractivity contribution in [2.24, 2.45) is 0 Å². The number of halogens is 1. The van der Waals surface area contributed by atoms with E-state index in [2.05, 4.69) is 17.4 Å². The van der Waals surface area contributed by atoms with E-state index in [0.717, 1.165) is 34.7 Å². The fourth-order valence-corrected chi connectivity index (χ4v) is 5.88. The molecule has 33 heavy (non-hydrogen) atoms. The predicted octanol–water partition coefficient (Wildman–Crippen LogP) is 5.21. The van der Waals surface area contributed by atoms with Crippen molar-refractivity contribution in [2.45, 2.75) is 44.0 Å². The number of rotatable bonds is 7. The van der Waals surface area contributed by atoms with Crippen molar-refractivity contribution in [3.05, 3.63) is 94.0 Å². The van der Waals surface area contributed by atoms with E-state index >= 15 is 0 Å². The van der Waals surface area contributed by atoms with E-state index in [0.29, 0.717) is 0 Å². The third-order valence-electron chi connectivity index (χ3n) is 6.02. The van der Waals surface area contributed by atoms with Crippen LogP contribution in [0.3, 0.4) is 0 Å². The molecule has 1 aliphatic rings. The highest BCUT2D eigenvalue weighted by molar-refractivity contribution is 7.92. The summed E-state index contributed by atoms with van der Waals surface area (Å²) in [6.45, 7) is 3.41. The molecule has 3 aromatic rings. The molecule has 0 aliphatic heterocycles. The lowest BCUT2D eigenvalue weighted by Crippen LogP contribution is -2.41. The maximum atomic E-state index is 13.5. The average molecular weight is 483 g/mol. The normalized spacial score (nSPS) is 13.9. The third kappa shape index (κ3) is 5.07. The lowest BCUT2D eigenvalue weighted by atomic mass is 10.0. The van der Waals surface area contributed by atoms with E-state index in [4.69, 9.17) is 11.6 Å². The molecule has 0 radical (unpaired) electrons. The van der Waals surface area contributed by atoms with Gasteiger partial charge in [0, 0.05) is 0 Å². The number of hydrogen-bond acceptors (Lipinski definition) is 3. The third-order valence-corrected chi connectivity index (χ3v) is 8.11. The van der Waals surface area contributed by atoms with E-state index in [1.54, 1.807) is 48.5 Å². The summed E-state index contributed by atoms with van der Waals surface area (Å²) in [7, 11) is -4.01. The first kappa shape index (κ1) is 23.3. The summed E-state index contributed by atoms with van der Waals surface area (Å²) in [4.78, 5) is 13.1. The Labute approximate surface area is 200 Å². The first-order valence-corrected chi connectivity index (χ1v) is 12.8.